The molecule has 0 saturated carbocycles. The molecule has 1 unspecified atom stereocenters. The molecule has 3 aliphatic rings. The van der Waals surface area contributed by atoms with Crippen LogP contribution >= 0.6 is 23.2 Å². The lowest BCUT2D eigenvalue weighted by Crippen LogP contribution is -2.71. The van der Waals surface area contributed by atoms with E-state index in [1.54, 1.807) is 20.4 Å². The van der Waals surface area contributed by atoms with E-state index in [-0.39, 0.29) is 6.04 Å². The Morgan fingerprint density at radius 3 is 2.42 bits per heavy atom. The van der Waals surface area contributed by atoms with Gasteiger partial charge in [-0.3, -0.25) is 14.9 Å². The molecule has 2 fully saturated rings. The van der Waals surface area contributed by atoms with Crippen LogP contribution in [0.2, 0.25) is 10.0 Å². The van der Waals surface area contributed by atoms with Crippen LogP contribution in [0, 0.1) is 5.41 Å². The summed E-state index contributed by atoms with van der Waals surface area (Å²) in [6.45, 7) is 15.0. The molecule has 0 radical (unpaired) electrons. The van der Waals surface area contributed by atoms with Crippen LogP contribution in [0.4, 0.5) is 0 Å². The predicted molar refractivity (Wildman–Crippen MR) is 182 cm³/mol. The zero-order valence-electron chi connectivity index (χ0n) is 26.2. The second-order valence-electron chi connectivity index (χ2n) is 12.0. The summed E-state index contributed by atoms with van der Waals surface area (Å²) in [5.41, 5.74) is 7.00. The Kier molecular flexibility index (Phi) is 9.15. The first kappa shape index (κ1) is 31.5. The lowest BCUT2D eigenvalue weighted by Gasteiger charge is -2.61. The van der Waals surface area contributed by atoms with Crippen molar-refractivity contribution in [2.75, 3.05) is 60.0 Å². The van der Waals surface area contributed by atoms with Crippen LogP contribution in [-0.2, 0) is 11.3 Å². The molecule has 0 aliphatic carbocycles. The van der Waals surface area contributed by atoms with Crippen LogP contribution in [-0.4, -0.2) is 91.4 Å². The predicted octanol–water partition coefficient (Wildman–Crippen LogP) is 5.93. The number of likely N-dealkylation sites (tertiary alicyclic amines) is 2. The highest BCUT2D eigenvalue weighted by molar-refractivity contribution is 6.40. The molecule has 1 atom stereocenters. The van der Waals surface area contributed by atoms with Gasteiger partial charge in [0.15, 0.2) is 0 Å². The first-order valence-corrected chi connectivity index (χ1v) is 16.0. The fourth-order valence-corrected chi connectivity index (χ4v) is 7.12. The van der Waals surface area contributed by atoms with Crippen molar-refractivity contribution in [3.63, 3.8) is 0 Å². The first-order chi connectivity index (χ1) is 21.8. The average molecular weight is 649 g/mol. The minimum absolute atomic E-state index is 0.266. The van der Waals surface area contributed by atoms with Crippen molar-refractivity contribution in [2.24, 2.45) is 15.4 Å². The molecule has 0 bridgehead atoms. The number of rotatable bonds is 10. The third-order valence-electron chi connectivity index (χ3n) is 8.75. The van der Waals surface area contributed by atoms with Gasteiger partial charge in [-0.25, -0.2) is 9.98 Å². The first-order valence-electron chi connectivity index (χ1n) is 15.2. The van der Waals surface area contributed by atoms with Gasteiger partial charge in [-0.15, -0.1) is 0 Å². The third kappa shape index (κ3) is 6.19. The van der Waals surface area contributed by atoms with Crippen molar-refractivity contribution in [3.05, 3.63) is 76.2 Å². The summed E-state index contributed by atoms with van der Waals surface area (Å²) >= 11 is 14.1. The highest BCUT2D eigenvalue weighted by Crippen LogP contribution is 2.43. The van der Waals surface area contributed by atoms with Gasteiger partial charge in [-0.1, -0.05) is 73.1 Å². The monoisotopic (exact) mass is 647 g/mol. The van der Waals surface area contributed by atoms with Gasteiger partial charge in [-0.05, 0) is 19.0 Å². The maximum Gasteiger partial charge on any atom is 0.237 e. The molecule has 1 N–H and O–H groups in total. The fraction of sp³-hybridized carbons (Fsp3) is 0.412. The fourth-order valence-electron chi connectivity index (χ4n) is 6.45. The van der Waals surface area contributed by atoms with Crippen LogP contribution in [0.15, 0.2) is 64.9 Å². The van der Waals surface area contributed by atoms with E-state index in [1.165, 1.54) is 0 Å². The summed E-state index contributed by atoms with van der Waals surface area (Å²) in [6, 6.07) is 11.5. The smallest absolute Gasteiger partial charge is 0.237 e. The van der Waals surface area contributed by atoms with Gasteiger partial charge in [-0.2, -0.15) is 0 Å². The Bertz CT molecular complexity index is 1660. The Hall–Kier alpha value is -3.50. The topological polar surface area (TPSA) is 87.5 Å². The minimum atomic E-state index is -0.266. The Balaban J connectivity index is 1.22. The van der Waals surface area contributed by atoms with Gasteiger partial charge in [0, 0.05) is 67.1 Å². The number of hydrogen-bond acceptors (Lipinski definition) is 9. The van der Waals surface area contributed by atoms with Gasteiger partial charge in [0.25, 0.3) is 0 Å². The number of aliphatic imine (C=N–C) groups is 2. The number of allylic oxidation sites excluding steroid dienone is 1. The van der Waals surface area contributed by atoms with Gasteiger partial charge in [0.2, 0.25) is 11.8 Å². The Morgan fingerprint density at radius 2 is 1.73 bits per heavy atom. The van der Waals surface area contributed by atoms with Crippen molar-refractivity contribution in [1.29, 1.82) is 0 Å². The molecule has 1 aromatic heterocycles. The summed E-state index contributed by atoms with van der Waals surface area (Å²) in [5, 5.41) is 4.40. The van der Waals surface area contributed by atoms with Gasteiger partial charge in [0.05, 0.1) is 48.7 Å². The highest BCUT2D eigenvalue weighted by Gasteiger charge is 2.51. The highest BCUT2D eigenvalue weighted by atomic mass is 35.5. The largest absolute Gasteiger partial charge is 0.480 e. The molecule has 2 saturated heterocycles. The maximum absolute atomic E-state index is 7.08. The summed E-state index contributed by atoms with van der Waals surface area (Å²) in [5.74, 6) is 1.03. The minimum Gasteiger partial charge on any atom is -0.480 e. The molecular weight excluding hydrogens is 609 g/mol. The number of benzene rings is 2. The summed E-state index contributed by atoms with van der Waals surface area (Å²) in [4.78, 5) is 23.9. The lowest BCUT2D eigenvalue weighted by molar-refractivity contribution is -0.104. The van der Waals surface area contributed by atoms with E-state index >= 15 is 0 Å². The van der Waals surface area contributed by atoms with Crippen molar-refractivity contribution in [3.8, 4) is 28.3 Å². The van der Waals surface area contributed by atoms with Gasteiger partial charge < -0.3 is 19.7 Å². The number of hydrogen-bond donors (Lipinski definition) is 1. The quantitative estimate of drug-likeness (QED) is 0.292. The van der Waals surface area contributed by atoms with Gasteiger partial charge >= 0.3 is 0 Å². The van der Waals surface area contributed by atoms with Crippen molar-refractivity contribution in [1.82, 2.24) is 25.1 Å². The molecule has 236 valence electrons. The molecule has 9 nitrogen and oxygen atoms in total. The standard InChI is InChI=1S/C34H39Cl2N7O2/c1-6-37-13-28-32(44-4)40-26(14-38-28)24-11-7-9-22(30(24)35)23-10-8-12-25(31(23)36)27-15-39-29(33(41-27)45-5)16-42-17-34(18-42)19-43(20-34)21(2)3/h7-12,15,26,37H,2,6,13-14,16-20H2,1,3-5H3. The molecule has 4 heterocycles. The SMILES string of the molecule is C=C(C)N1CC2(CN(Cc3ncc(-c4cccc(-c5cccc(C6CN=C(CNCC)C(OC)=N6)c5Cl)c4Cl)nc3OC)C2)C1. The number of methoxy groups -OCH3 is 2. The number of halogens is 2. The normalized spacial score (nSPS) is 19.0. The van der Waals surface area contributed by atoms with Gasteiger partial charge in [0.1, 0.15) is 11.4 Å². The second-order valence-corrected chi connectivity index (χ2v) is 12.8. The van der Waals surface area contributed by atoms with E-state index in [0.29, 0.717) is 52.6 Å². The molecule has 2 aromatic carbocycles. The Labute approximate surface area is 275 Å². The number of nitrogens with one attached hydrogen (secondary N) is 1. The molecule has 3 aromatic rings. The Morgan fingerprint density at radius 1 is 1.02 bits per heavy atom. The van der Waals surface area contributed by atoms with E-state index in [1.807, 2.05) is 36.4 Å². The van der Waals surface area contributed by atoms with Crippen molar-refractivity contribution < 1.29 is 9.47 Å². The van der Waals surface area contributed by atoms with E-state index in [9.17, 15) is 0 Å². The number of nitrogens with zero attached hydrogens (tertiary/aromatic N) is 6. The maximum atomic E-state index is 7.08. The molecule has 0 amide bonds. The number of aromatic nitrogens is 2. The van der Waals surface area contributed by atoms with E-state index in [0.717, 1.165) is 72.1 Å². The van der Waals surface area contributed by atoms with Crippen LogP contribution in [0.25, 0.3) is 22.4 Å². The average Bonchev–Trinajstić information content (AvgIpc) is 3.00. The van der Waals surface area contributed by atoms with E-state index < -0.39 is 0 Å². The zero-order chi connectivity index (χ0) is 31.7. The molecule has 3 aliphatic heterocycles. The second kappa shape index (κ2) is 13.1. The zero-order valence-corrected chi connectivity index (χ0v) is 27.8. The molecular formula is C34H39Cl2N7O2. The third-order valence-corrected chi connectivity index (χ3v) is 9.58. The van der Waals surface area contributed by atoms with E-state index in [4.69, 9.17) is 52.6 Å². The van der Waals surface area contributed by atoms with E-state index in [2.05, 4.69) is 35.5 Å². The van der Waals surface area contributed by atoms with Crippen LogP contribution in [0.5, 0.6) is 5.88 Å². The summed E-state index contributed by atoms with van der Waals surface area (Å²) in [7, 11) is 3.24. The van der Waals surface area contributed by atoms with Crippen LogP contribution in [0.3, 0.4) is 0 Å². The summed E-state index contributed by atoms with van der Waals surface area (Å²) in [6.07, 6.45) is 1.77. The molecule has 6 rings (SSSR count). The lowest BCUT2D eigenvalue weighted by atomic mass is 9.72. The molecule has 1 spiro atoms. The summed E-state index contributed by atoms with van der Waals surface area (Å²) < 4.78 is 11.3. The van der Waals surface area contributed by atoms with Crippen LogP contribution < -0.4 is 10.1 Å². The van der Waals surface area contributed by atoms with Crippen molar-refractivity contribution >= 4 is 34.8 Å². The molecule has 45 heavy (non-hydrogen) atoms. The molecule has 11 heteroatoms. The van der Waals surface area contributed by atoms with Crippen molar-refractivity contribution in [2.45, 2.75) is 26.4 Å². The number of ether oxygens (including phenoxy) is 2. The van der Waals surface area contributed by atoms with Crippen LogP contribution in [0.1, 0.15) is 31.1 Å².